The van der Waals surface area contributed by atoms with Gasteiger partial charge in [-0.25, -0.2) is 0 Å². The van der Waals surface area contributed by atoms with Gasteiger partial charge in [-0.05, 0) is 37.0 Å². The standard InChI is InChI=1S/C17H26N2/c1-13(2)18-11-14(3)12-19-15(4)9-10-16-7-5-6-8-17(16)19/h5-8,13,15,18H,3,9-12H2,1-2,4H3. The zero-order valence-corrected chi connectivity index (χ0v) is 12.4. The quantitative estimate of drug-likeness (QED) is 0.815. The topological polar surface area (TPSA) is 15.3 Å². The smallest absolute Gasteiger partial charge is 0.0404 e. The monoisotopic (exact) mass is 258 g/mol. The summed E-state index contributed by atoms with van der Waals surface area (Å²) in [4.78, 5) is 2.50. The SMILES string of the molecule is C=C(CNC(C)C)CN1c2ccccc2CCC1C. The highest BCUT2D eigenvalue weighted by molar-refractivity contribution is 5.57. The molecule has 0 bridgehead atoms. The molecule has 1 aromatic carbocycles. The normalized spacial score (nSPS) is 18.5. The van der Waals surface area contributed by atoms with Crippen molar-refractivity contribution < 1.29 is 0 Å². The van der Waals surface area contributed by atoms with Gasteiger partial charge in [-0.1, -0.05) is 38.6 Å². The van der Waals surface area contributed by atoms with Gasteiger partial charge in [0.2, 0.25) is 0 Å². The van der Waals surface area contributed by atoms with Gasteiger partial charge in [-0.3, -0.25) is 0 Å². The highest BCUT2D eigenvalue weighted by Crippen LogP contribution is 2.30. The van der Waals surface area contributed by atoms with Crippen LogP contribution in [0.4, 0.5) is 5.69 Å². The van der Waals surface area contributed by atoms with Gasteiger partial charge >= 0.3 is 0 Å². The van der Waals surface area contributed by atoms with E-state index >= 15 is 0 Å². The van der Waals surface area contributed by atoms with Gasteiger partial charge < -0.3 is 10.2 Å². The van der Waals surface area contributed by atoms with Crippen molar-refractivity contribution in [3.8, 4) is 0 Å². The number of nitrogens with one attached hydrogen (secondary N) is 1. The maximum absolute atomic E-state index is 4.22. The fraction of sp³-hybridized carbons (Fsp3) is 0.529. The van der Waals surface area contributed by atoms with Crippen molar-refractivity contribution >= 4 is 5.69 Å². The Morgan fingerprint density at radius 1 is 1.42 bits per heavy atom. The lowest BCUT2D eigenvalue weighted by Crippen LogP contribution is -2.40. The zero-order chi connectivity index (χ0) is 13.8. The first-order chi connectivity index (χ1) is 9.08. The number of aryl methyl sites for hydroxylation is 1. The summed E-state index contributed by atoms with van der Waals surface area (Å²) in [6, 6.07) is 9.90. The van der Waals surface area contributed by atoms with Crippen LogP contribution in [0.1, 0.15) is 32.8 Å². The highest BCUT2D eigenvalue weighted by atomic mass is 15.2. The van der Waals surface area contributed by atoms with E-state index in [2.05, 4.69) is 61.8 Å². The lowest BCUT2D eigenvalue weighted by atomic mass is 9.96. The number of hydrogen-bond donors (Lipinski definition) is 1. The maximum Gasteiger partial charge on any atom is 0.0404 e. The van der Waals surface area contributed by atoms with E-state index in [9.17, 15) is 0 Å². The largest absolute Gasteiger partial charge is 0.365 e. The molecule has 0 spiro atoms. The molecular weight excluding hydrogens is 232 g/mol. The first-order valence-electron chi connectivity index (χ1n) is 7.32. The van der Waals surface area contributed by atoms with Crippen molar-refractivity contribution in [2.45, 2.75) is 45.7 Å². The van der Waals surface area contributed by atoms with E-state index in [-0.39, 0.29) is 0 Å². The summed E-state index contributed by atoms with van der Waals surface area (Å²) in [5, 5.41) is 3.45. The van der Waals surface area contributed by atoms with E-state index in [0.29, 0.717) is 12.1 Å². The summed E-state index contributed by atoms with van der Waals surface area (Å²) in [5.74, 6) is 0. The van der Waals surface area contributed by atoms with Crippen LogP contribution < -0.4 is 10.2 Å². The highest BCUT2D eigenvalue weighted by Gasteiger charge is 2.22. The summed E-state index contributed by atoms with van der Waals surface area (Å²) < 4.78 is 0. The van der Waals surface area contributed by atoms with E-state index < -0.39 is 0 Å². The number of benzene rings is 1. The molecular formula is C17H26N2. The molecule has 104 valence electrons. The average Bonchev–Trinajstić information content (AvgIpc) is 2.40. The van der Waals surface area contributed by atoms with Crippen LogP contribution in [0.5, 0.6) is 0 Å². The van der Waals surface area contributed by atoms with Crippen molar-refractivity contribution in [2.75, 3.05) is 18.0 Å². The molecule has 0 radical (unpaired) electrons. The lowest BCUT2D eigenvalue weighted by molar-refractivity contribution is 0.564. The molecule has 0 fully saturated rings. The number of para-hydroxylation sites is 1. The molecule has 2 heteroatoms. The van der Waals surface area contributed by atoms with Gasteiger partial charge in [-0.15, -0.1) is 0 Å². The summed E-state index contributed by atoms with van der Waals surface area (Å²) in [5.41, 5.74) is 4.13. The second kappa shape index (κ2) is 6.25. The fourth-order valence-electron chi connectivity index (χ4n) is 2.65. The molecule has 2 nitrogen and oxygen atoms in total. The third-order valence-corrected chi connectivity index (χ3v) is 3.82. The summed E-state index contributed by atoms with van der Waals surface area (Å²) in [6.45, 7) is 12.7. The van der Waals surface area contributed by atoms with Crippen LogP contribution in [0.15, 0.2) is 36.4 Å². The van der Waals surface area contributed by atoms with Crippen LogP contribution in [0.25, 0.3) is 0 Å². The van der Waals surface area contributed by atoms with Crippen molar-refractivity contribution in [3.05, 3.63) is 42.0 Å². The average molecular weight is 258 g/mol. The Kier molecular flexibility index (Phi) is 4.65. The Morgan fingerprint density at radius 3 is 2.89 bits per heavy atom. The van der Waals surface area contributed by atoms with Crippen molar-refractivity contribution in [1.29, 1.82) is 0 Å². The number of rotatable bonds is 5. The fourth-order valence-corrected chi connectivity index (χ4v) is 2.65. The Hall–Kier alpha value is -1.28. The molecule has 0 amide bonds. The molecule has 1 unspecified atom stereocenters. The molecule has 1 aliphatic heterocycles. The minimum Gasteiger partial charge on any atom is -0.365 e. The van der Waals surface area contributed by atoms with Crippen LogP contribution in [-0.2, 0) is 6.42 Å². The molecule has 19 heavy (non-hydrogen) atoms. The molecule has 1 N–H and O–H groups in total. The van der Waals surface area contributed by atoms with Crippen molar-refractivity contribution in [2.24, 2.45) is 0 Å². The molecule has 0 saturated heterocycles. The van der Waals surface area contributed by atoms with E-state index in [1.54, 1.807) is 0 Å². The molecule has 0 aliphatic carbocycles. The van der Waals surface area contributed by atoms with Gasteiger partial charge in [-0.2, -0.15) is 0 Å². The van der Waals surface area contributed by atoms with Crippen LogP contribution in [0.3, 0.4) is 0 Å². The molecule has 0 saturated carbocycles. The number of hydrogen-bond acceptors (Lipinski definition) is 2. The molecule has 2 rings (SSSR count). The minimum absolute atomic E-state index is 0.516. The van der Waals surface area contributed by atoms with Gasteiger partial charge in [0.25, 0.3) is 0 Å². The van der Waals surface area contributed by atoms with Crippen LogP contribution in [0, 0.1) is 0 Å². The third kappa shape index (κ3) is 3.60. The third-order valence-electron chi connectivity index (χ3n) is 3.82. The predicted octanol–water partition coefficient (Wildman–Crippen LogP) is 3.38. The van der Waals surface area contributed by atoms with Gasteiger partial charge in [0.05, 0.1) is 0 Å². The van der Waals surface area contributed by atoms with E-state index in [4.69, 9.17) is 0 Å². The summed E-state index contributed by atoms with van der Waals surface area (Å²) in [6.07, 6.45) is 2.44. The first kappa shape index (κ1) is 14.1. The second-order valence-corrected chi connectivity index (χ2v) is 5.93. The van der Waals surface area contributed by atoms with Crippen molar-refractivity contribution in [3.63, 3.8) is 0 Å². The number of anilines is 1. The van der Waals surface area contributed by atoms with Crippen LogP contribution in [-0.4, -0.2) is 25.2 Å². The molecule has 1 aromatic rings. The Morgan fingerprint density at radius 2 is 2.16 bits per heavy atom. The van der Waals surface area contributed by atoms with Crippen molar-refractivity contribution in [1.82, 2.24) is 5.32 Å². The van der Waals surface area contributed by atoms with E-state index in [0.717, 1.165) is 13.1 Å². The number of nitrogens with zero attached hydrogens (tertiary/aromatic N) is 1. The van der Waals surface area contributed by atoms with Gasteiger partial charge in [0, 0.05) is 30.9 Å². The second-order valence-electron chi connectivity index (χ2n) is 5.93. The Balaban J connectivity index is 2.05. The molecule has 0 aromatic heterocycles. The zero-order valence-electron chi connectivity index (χ0n) is 12.4. The van der Waals surface area contributed by atoms with E-state index in [1.807, 2.05) is 0 Å². The Labute approximate surface area is 117 Å². The van der Waals surface area contributed by atoms with E-state index in [1.165, 1.54) is 29.7 Å². The molecule has 1 aliphatic rings. The predicted molar refractivity (Wildman–Crippen MR) is 83.8 cm³/mol. The number of fused-ring (bicyclic) bond motifs is 1. The maximum atomic E-state index is 4.22. The lowest BCUT2D eigenvalue weighted by Gasteiger charge is -2.37. The Bertz CT molecular complexity index is 437. The molecule has 1 heterocycles. The first-order valence-corrected chi connectivity index (χ1v) is 7.32. The van der Waals surface area contributed by atoms with Crippen LogP contribution >= 0.6 is 0 Å². The molecule has 1 atom stereocenters. The van der Waals surface area contributed by atoms with Crippen LogP contribution in [0.2, 0.25) is 0 Å². The van der Waals surface area contributed by atoms with Gasteiger partial charge in [0.1, 0.15) is 0 Å². The minimum atomic E-state index is 0.516. The summed E-state index contributed by atoms with van der Waals surface area (Å²) in [7, 11) is 0. The van der Waals surface area contributed by atoms with Gasteiger partial charge in [0.15, 0.2) is 0 Å². The summed E-state index contributed by atoms with van der Waals surface area (Å²) >= 11 is 0.